The molecule has 0 fully saturated rings. The van der Waals surface area contributed by atoms with Gasteiger partial charge in [-0.05, 0) is 30.3 Å². The Morgan fingerprint density at radius 2 is 1.58 bits per heavy atom. The highest BCUT2D eigenvalue weighted by atomic mass is 16.5. The van der Waals surface area contributed by atoms with Crippen molar-refractivity contribution in [3.63, 3.8) is 0 Å². The van der Waals surface area contributed by atoms with Gasteiger partial charge < -0.3 is 14.8 Å². The average Bonchev–Trinajstić information content (AvgIpc) is 2.89. The number of para-hydroxylation sites is 1. The zero-order chi connectivity index (χ0) is 17.1. The van der Waals surface area contributed by atoms with Crippen LogP contribution in [0, 0.1) is 0 Å². The molecule has 6 heteroatoms. The van der Waals surface area contributed by atoms with Crippen LogP contribution in [-0.2, 0) is 9.59 Å². The van der Waals surface area contributed by atoms with Gasteiger partial charge in [-0.3, -0.25) is 14.9 Å². The Morgan fingerprint density at radius 1 is 0.875 bits per heavy atom. The molecule has 6 nitrogen and oxygen atoms in total. The van der Waals surface area contributed by atoms with Crippen LogP contribution in [0.3, 0.4) is 0 Å². The predicted molar refractivity (Wildman–Crippen MR) is 89.7 cm³/mol. The van der Waals surface area contributed by atoms with Gasteiger partial charge in [-0.2, -0.15) is 0 Å². The lowest BCUT2D eigenvalue weighted by Gasteiger charge is -2.11. The average molecular weight is 324 g/mol. The summed E-state index contributed by atoms with van der Waals surface area (Å²) in [7, 11) is 3.10. The second-order valence-electron chi connectivity index (χ2n) is 5.09. The van der Waals surface area contributed by atoms with Gasteiger partial charge >= 0.3 is 0 Å². The second kappa shape index (κ2) is 6.45. The SMILES string of the molecule is COc1ccc(NC2=C(c3ccccc3OC)C(=O)NC2=O)cc1. The molecule has 2 aromatic rings. The smallest absolute Gasteiger partial charge is 0.275 e. The Balaban J connectivity index is 2.04. The molecule has 0 aliphatic carbocycles. The van der Waals surface area contributed by atoms with Crippen molar-refractivity contribution in [1.29, 1.82) is 0 Å². The monoisotopic (exact) mass is 324 g/mol. The first-order valence-corrected chi connectivity index (χ1v) is 7.28. The third-order valence-corrected chi connectivity index (χ3v) is 3.67. The fourth-order valence-corrected chi connectivity index (χ4v) is 2.50. The van der Waals surface area contributed by atoms with Crippen molar-refractivity contribution in [1.82, 2.24) is 5.32 Å². The van der Waals surface area contributed by atoms with Gasteiger partial charge in [0, 0.05) is 11.3 Å². The first-order valence-electron chi connectivity index (χ1n) is 7.28. The molecule has 1 heterocycles. The zero-order valence-corrected chi connectivity index (χ0v) is 13.3. The molecule has 0 saturated heterocycles. The van der Waals surface area contributed by atoms with Crippen LogP contribution in [0.1, 0.15) is 5.56 Å². The lowest BCUT2D eigenvalue weighted by Crippen LogP contribution is -2.24. The minimum absolute atomic E-state index is 0.190. The van der Waals surface area contributed by atoms with E-state index in [9.17, 15) is 9.59 Å². The number of ether oxygens (including phenoxy) is 2. The van der Waals surface area contributed by atoms with Crippen molar-refractivity contribution < 1.29 is 19.1 Å². The number of benzene rings is 2. The summed E-state index contributed by atoms with van der Waals surface area (Å²) in [6.07, 6.45) is 0. The summed E-state index contributed by atoms with van der Waals surface area (Å²) in [5.41, 5.74) is 1.67. The van der Waals surface area contributed by atoms with E-state index >= 15 is 0 Å². The fourth-order valence-electron chi connectivity index (χ4n) is 2.50. The third kappa shape index (κ3) is 2.81. The van der Waals surface area contributed by atoms with Gasteiger partial charge in [0.05, 0.1) is 19.8 Å². The maximum atomic E-state index is 12.2. The molecule has 0 aromatic heterocycles. The summed E-state index contributed by atoms with van der Waals surface area (Å²) in [6, 6.07) is 14.1. The predicted octanol–water partition coefficient (Wildman–Crippen LogP) is 2.18. The summed E-state index contributed by atoms with van der Waals surface area (Å²) >= 11 is 0. The number of hydrogen-bond donors (Lipinski definition) is 2. The van der Waals surface area contributed by atoms with Crippen molar-refractivity contribution >= 4 is 23.1 Å². The minimum atomic E-state index is -0.475. The van der Waals surface area contributed by atoms with Crippen molar-refractivity contribution in [3.05, 3.63) is 59.8 Å². The molecule has 0 radical (unpaired) electrons. The van der Waals surface area contributed by atoms with Gasteiger partial charge in [-0.25, -0.2) is 0 Å². The first kappa shape index (κ1) is 15.6. The van der Waals surface area contributed by atoms with Crippen LogP contribution in [0.15, 0.2) is 54.2 Å². The van der Waals surface area contributed by atoms with Crippen LogP contribution < -0.4 is 20.1 Å². The summed E-state index contributed by atoms with van der Waals surface area (Å²) in [5, 5.41) is 5.32. The number of carbonyl (C=O) groups is 2. The molecule has 0 unspecified atom stereocenters. The van der Waals surface area contributed by atoms with Gasteiger partial charge in [0.15, 0.2) is 0 Å². The quantitative estimate of drug-likeness (QED) is 0.825. The number of carbonyl (C=O) groups excluding carboxylic acids is 2. The van der Waals surface area contributed by atoms with E-state index in [1.54, 1.807) is 55.6 Å². The number of anilines is 1. The Kier molecular flexibility index (Phi) is 4.20. The van der Waals surface area contributed by atoms with E-state index in [0.29, 0.717) is 22.7 Å². The van der Waals surface area contributed by atoms with Crippen LogP contribution in [0.2, 0.25) is 0 Å². The Labute approximate surface area is 139 Å². The normalized spacial score (nSPS) is 13.8. The van der Waals surface area contributed by atoms with Crippen LogP contribution in [0.25, 0.3) is 5.57 Å². The largest absolute Gasteiger partial charge is 0.497 e. The highest BCUT2D eigenvalue weighted by molar-refractivity contribution is 6.37. The molecule has 2 aromatic carbocycles. The van der Waals surface area contributed by atoms with Crippen LogP contribution in [0.5, 0.6) is 11.5 Å². The maximum absolute atomic E-state index is 12.2. The molecule has 1 aliphatic heterocycles. The molecule has 3 rings (SSSR count). The number of rotatable bonds is 5. The van der Waals surface area contributed by atoms with Gasteiger partial charge in [0.2, 0.25) is 0 Å². The molecule has 24 heavy (non-hydrogen) atoms. The van der Waals surface area contributed by atoms with Crippen molar-refractivity contribution in [2.75, 3.05) is 19.5 Å². The lowest BCUT2D eigenvalue weighted by atomic mass is 10.0. The Morgan fingerprint density at radius 3 is 2.25 bits per heavy atom. The fraction of sp³-hybridized carbons (Fsp3) is 0.111. The van der Waals surface area contributed by atoms with Crippen LogP contribution in [-0.4, -0.2) is 26.0 Å². The molecule has 2 amide bonds. The standard InChI is InChI=1S/C18H16N2O4/c1-23-12-9-7-11(8-10-12)19-16-15(17(21)20-18(16)22)13-5-3-4-6-14(13)24-2/h3-10H,1-2H3,(H2,19,20,21,22). The highest BCUT2D eigenvalue weighted by Crippen LogP contribution is 2.31. The van der Waals surface area contributed by atoms with Crippen LogP contribution >= 0.6 is 0 Å². The zero-order valence-electron chi connectivity index (χ0n) is 13.3. The summed E-state index contributed by atoms with van der Waals surface area (Å²) in [5.74, 6) is 0.287. The molecule has 1 aliphatic rings. The molecule has 2 N–H and O–H groups in total. The topological polar surface area (TPSA) is 76.7 Å². The van der Waals surface area contributed by atoms with Crippen LogP contribution in [0.4, 0.5) is 5.69 Å². The van der Waals surface area contributed by atoms with Gasteiger partial charge in [-0.1, -0.05) is 18.2 Å². The molecule has 0 bridgehead atoms. The van der Waals surface area contributed by atoms with E-state index in [-0.39, 0.29) is 11.3 Å². The van der Waals surface area contributed by atoms with E-state index in [1.165, 1.54) is 7.11 Å². The lowest BCUT2D eigenvalue weighted by molar-refractivity contribution is -0.123. The van der Waals surface area contributed by atoms with Crippen molar-refractivity contribution in [2.45, 2.75) is 0 Å². The van der Waals surface area contributed by atoms with E-state index in [4.69, 9.17) is 9.47 Å². The summed E-state index contributed by atoms with van der Waals surface area (Å²) < 4.78 is 10.4. The molecule has 0 spiro atoms. The number of methoxy groups -OCH3 is 2. The highest BCUT2D eigenvalue weighted by Gasteiger charge is 2.32. The van der Waals surface area contributed by atoms with E-state index in [2.05, 4.69) is 10.6 Å². The molecule has 122 valence electrons. The van der Waals surface area contributed by atoms with E-state index in [0.717, 1.165) is 0 Å². The molecule has 0 atom stereocenters. The van der Waals surface area contributed by atoms with Crippen molar-refractivity contribution in [3.8, 4) is 11.5 Å². The van der Waals surface area contributed by atoms with E-state index < -0.39 is 11.8 Å². The number of nitrogens with one attached hydrogen (secondary N) is 2. The number of hydrogen-bond acceptors (Lipinski definition) is 5. The molecular formula is C18H16N2O4. The number of imide groups is 1. The minimum Gasteiger partial charge on any atom is -0.497 e. The van der Waals surface area contributed by atoms with Gasteiger partial charge in [0.25, 0.3) is 11.8 Å². The molecule has 0 saturated carbocycles. The Hall–Kier alpha value is -3.28. The summed E-state index contributed by atoms with van der Waals surface area (Å²) in [6.45, 7) is 0. The second-order valence-corrected chi connectivity index (χ2v) is 5.09. The first-order chi connectivity index (χ1) is 11.6. The van der Waals surface area contributed by atoms with Gasteiger partial charge in [0.1, 0.15) is 17.2 Å². The molecular weight excluding hydrogens is 308 g/mol. The third-order valence-electron chi connectivity index (χ3n) is 3.67. The number of amides is 2. The summed E-state index contributed by atoms with van der Waals surface area (Å²) in [4.78, 5) is 24.4. The van der Waals surface area contributed by atoms with Gasteiger partial charge in [-0.15, -0.1) is 0 Å². The maximum Gasteiger partial charge on any atom is 0.275 e. The van der Waals surface area contributed by atoms with E-state index in [1.807, 2.05) is 0 Å². The Bertz CT molecular complexity index is 825. The van der Waals surface area contributed by atoms with Crippen molar-refractivity contribution in [2.24, 2.45) is 0 Å².